The van der Waals surface area contributed by atoms with Gasteiger partial charge in [0.05, 0.1) is 11.4 Å². The van der Waals surface area contributed by atoms with E-state index in [1.807, 2.05) is 0 Å². The topological polar surface area (TPSA) is 142 Å². The van der Waals surface area contributed by atoms with Crippen molar-refractivity contribution in [3.05, 3.63) is 29.6 Å². The Bertz CT molecular complexity index is 569. The first-order valence-corrected chi connectivity index (χ1v) is 12.0. The van der Waals surface area contributed by atoms with E-state index in [0.29, 0.717) is 24.2 Å². The van der Waals surface area contributed by atoms with E-state index >= 15 is 0 Å². The van der Waals surface area contributed by atoms with Crippen LogP contribution < -0.4 is 21.3 Å². The minimum absolute atomic E-state index is 0. The van der Waals surface area contributed by atoms with Crippen molar-refractivity contribution in [2.45, 2.75) is 88.6 Å². The zero-order valence-electron chi connectivity index (χ0n) is 19.6. The molecule has 2 fully saturated rings. The molecule has 3 aliphatic rings. The summed E-state index contributed by atoms with van der Waals surface area (Å²) in [6.45, 7) is 2.39. The second kappa shape index (κ2) is 18.6. The molecule has 4 atom stereocenters. The molecular weight excluding hydrogens is 465 g/mol. The Morgan fingerprint density at radius 2 is 0.970 bits per heavy atom. The number of nitrogens with one attached hydrogen (secondary N) is 4. The van der Waals surface area contributed by atoms with Crippen LogP contribution in [0.2, 0.25) is 0 Å². The zero-order valence-corrected chi connectivity index (χ0v) is 20.7. The van der Waals surface area contributed by atoms with E-state index in [2.05, 4.69) is 39.5 Å². The summed E-state index contributed by atoms with van der Waals surface area (Å²) < 4.78 is 0. The Hall–Kier alpha value is -0.651. The van der Waals surface area contributed by atoms with Crippen LogP contribution in [-0.2, 0) is 30.2 Å². The number of hydrogen-bond donors (Lipinski definition) is 8. The van der Waals surface area contributed by atoms with Crippen LogP contribution in [0.25, 0.3) is 0 Å². The van der Waals surface area contributed by atoms with E-state index in [9.17, 15) is 0 Å². The van der Waals surface area contributed by atoms with Crippen LogP contribution in [0.3, 0.4) is 0 Å². The molecule has 8 N–H and O–H groups in total. The maximum absolute atomic E-state index is 7.12. The number of aliphatic hydroxyl groups excluding tert-OH is 2. The third-order valence-corrected chi connectivity index (χ3v) is 6.43. The van der Waals surface area contributed by atoms with Crippen LogP contribution in [-0.4, -0.2) is 76.3 Å². The number of rotatable bonds is 0. The largest absolute Gasteiger partial charge is 0.371 e. The molecule has 2 bridgehead atoms. The van der Waals surface area contributed by atoms with Gasteiger partial charge in [0, 0.05) is 67.4 Å². The van der Waals surface area contributed by atoms with E-state index < -0.39 is 13.6 Å². The van der Waals surface area contributed by atoms with Gasteiger partial charge < -0.3 is 41.7 Å². The molecule has 1 aromatic heterocycles. The Balaban J connectivity index is 0.000000706. The summed E-state index contributed by atoms with van der Waals surface area (Å²) in [5.74, 6) is 0. The van der Waals surface area contributed by atoms with Crippen LogP contribution in [0.5, 0.6) is 0 Å². The molecule has 1 aliphatic heterocycles. The number of nitrogens with zero attached hydrogens (tertiary/aromatic N) is 1. The Kier molecular flexibility index (Phi) is 17.2. The summed E-state index contributed by atoms with van der Waals surface area (Å²) in [6.07, 6.45) is 10.5. The SMILES string of the molecule is OCO.OCO.[Mn].c1cc2nc(c1)CN[C@@H]1CCCCC1NCCNC1CCCC[C@H]1NC2. The maximum atomic E-state index is 7.12. The van der Waals surface area contributed by atoms with E-state index in [4.69, 9.17) is 25.4 Å². The second-order valence-electron chi connectivity index (χ2n) is 8.57. The van der Waals surface area contributed by atoms with Gasteiger partial charge in [0.25, 0.3) is 0 Å². The molecule has 33 heavy (non-hydrogen) atoms. The minimum Gasteiger partial charge on any atom is -0.371 e. The van der Waals surface area contributed by atoms with Crippen LogP contribution in [0.15, 0.2) is 18.2 Å². The molecule has 2 heterocycles. The van der Waals surface area contributed by atoms with Gasteiger partial charge in [0.2, 0.25) is 0 Å². The van der Waals surface area contributed by atoms with Gasteiger partial charge >= 0.3 is 0 Å². The molecular formula is C23H43MnN5O4. The summed E-state index contributed by atoms with van der Waals surface area (Å²) in [6, 6.07) is 8.81. The fraction of sp³-hybridized carbons (Fsp3) is 0.783. The van der Waals surface area contributed by atoms with Crippen molar-refractivity contribution in [2.24, 2.45) is 0 Å². The smallest absolute Gasteiger partial charge is 0.140 e. The Labute approximate surface area is 208 Å². The third kappa shape index (κ3) is 11.6. The molecule has 191 valence electrons. The average Bonchev–Trinajstić information content (AvgIpc) is 2.81. The van der Waals surface area contributed by atoms with Gasteiger partial charge in [0.1, 0.15) is 13.6 Å². The zero-order chi connectivity index (χ0) is 23.0. The van der Waals surface area contributed by atoms with Gasteiger partial charge in [0.15, 0.2) is 0 Å². The van der Waals surface area contributed by atoms with E-state index in [1.165, 1.54) is 62.8 Å². The summed E-state index contributed by atoms with van der Waals surface area (Å²) >= 11 is 0. The predicted molar refractivity (Wildman–Crippen MR) is 125 cm³/mol. The molecule has 0 aromatic carbocycles. The van der Waals surface area contributed by atoms with Crippen molar-refractivity contribution < 1.29 is 37.5 Å². The van der Waals surface area contributed by atoms with Crippen LogP contribution in [0.1, 0.15) is 62.8 Å². The molecule has 4 rings (SSSR count). The molecule has 0 spiro atoms. The molecule has 9 nitrogen and oxygen atoms in total. The Morgan fingerprint density at radius 1 is 0.636 bits per heavy atom. The van der Waals surface area contributed by atoms with Crippen molar-refractivity contribution in [3.63, 3.8) is 0 Å². The number of hydrogen-bond acceptors (Lipinski definition) is 9. The normalized spacial score (nSPS) is 27.9. The van der Waals surface area contributed by atoms with Crippen LogP contribution in [0, 0.1) is 0 Å². The summed E-state index contributed by atoms with van der Waals surface area (Å²) in [5, 5.41) is 43.7. The standard InChI is InChI=1S/C21H35N5.2CH4O2.Mn/c1-3-10-20-18(8-1)22-12-13-23-19-9-2-4-11-21(19)25-15-17-7-5-6-16(26-17)14-24-20;2*2-1-3;/h5-7,18-25H,1-4,8-15H2;2*2-3H,1H2;/t18?,19?,20-,21-;;;/m1.../s1. The molecule has 0 saturated heterocycles. The molecule has 1 radical (unpaired) electrons. The van der Waals surface area contributed by atoms with Crippen molar-refractivity contribution in [1.29, 1.82) is 0 Å². The first kappa shape index (κ1) is 30.4. The quantitative estimate of drug-likeness (QED) is 0.179. The second-order valence-corrected chi connectivity index (χ2v) is 8.57. The number of aliphatic hydroxyl groups is 4. The van der Waals surface area contributed by atoms with Crippen molar-refractivity contribution in [3.8, 4) is 0 Å². The molecule has 2 aliphatic carbocycles. The first-order valence-electron chi connectivity index (χ1n) is 12.0. The predicted octanol–water partition coefficient (Wildman–Crippen LogP) is -0.0695. The molecule has 0 amide bonds. The minimum atomic E-state index is -0.750. The van der Waals surface area contributed by atoms with Crippen molar-refractivity contribution in [1.82, 2.24) is 26.3 Å². The fourth-order valence-corrected chi connectivity index (χ4v) is 4.95. The molecule has 2 saturated carbocycles. The number of fused-ring (bicyclic) bond motifs is 4. The maximum Gasteiger partial charge on any atom is 0.140 e. The van der Waals surface area contributed by atoms with Gasteiger partial charge in [-0.1, -0.05) is 31.7 Å². The molecule has 2 unspecified atom stereocenters. The van der Waals surface area contributed by atoms with Gasteiger partial charge in [-0.15, -0.1) is 0 Å². The van der Waals surface area contributed by atoms with Crippen LogP contribution in [0.4, 0.5) is 0 Å². The summed E-state index contributed by atoms with van der Waals surface area (Å²) in [4.78, 5) is 4.89. The van der Waals surface area contributed by atoms with E-state index in [1.54, 1.807) is 0 Å². The van der Waals surface area contributed by atoms with E-state index in [0.717, 1.165) is 26.2 Å². The molecule has 10 heteroatoms. The first-order chi connectivity index (χ1) is 15.7. The summed E-state index contributed by atoms with van der Waals surface area (Å²) in [5.41, 5.74) is 2.34. The number of aromatic nitrogens is 1. The summed E-state index contributed by atoms with van der Waals surface area (Å²) in [7, 11) is 0. The van der Waals surface area contributed by atoms with Crippen molar-refractivity contribution >= 4 is 0 Å². The Morgan fingerprint density at radius 3 is 1.33 bits per heavy atom. The van der Waals surface area contributed by atoms with Gasteiger partial charge in [-0.25, -0.2) is 0 Å². The third-order valence-electron chi connectivity index (χ3n) is 6.43. The molecule has 1 aromatic rings. The van der Waals surface area contributed by atoms with Gasteiger partial charge in [-0.2, -0.15) is 0 Å². The van der Waals surface area contributed by atoms with Crippen molar-refractivity contribution in [2.75, 3.05) is 26.7 Å². The van der Waals surface area contributed by atoms with Crippen LogP contribution >= 0.6 is 0 Å². The number of pyridine rings is 1. The monoisotopic (exact) mass is 508 g/mol. The van der Waals surface area contributed by atoms with E-state index in [-0.39, 0.29) is 17.1 Å². The van der Waals surface area contributed by atoms with Gasteiger partial charge in [-0.3, -0.25) is 4.98 Å². The average molecular weight is 509 g/mol. The van der Waals surface area contributed by atoms with Gasteiger partial charge in [-0.05, 0) is 37.8 Å². The fourth-order valence-electron chi connectivity index (χ4n) is 4.95.